The maximum Gasteiger partial charge on any atom is 0.270 e. The molecule has 3 aliphatic carbocycles. The van der Waals surface area contributed by atoms with Crippen molar-refractivity contribution in [1.29, 1.82) is 5.26 Å². The first-order valence-corrected chi connectivity index (χ1v) is 12.7. The Bertz CT molecular complexity index is 1410. The fraction of sp³-hybridized carbons (Fsp3) is 0.440. The van der Waals surface area contributed by atoms with E-state index in [-0.39, 0.29) is 41.4 Å². The molecule has 0 unspecified atom stereocenters. The van der Waals surface area contributed by atoms with Crippen molar-refractivity contribution < 1.29 is 19.3 Å². The van der Waals surface area contributed by atoms with Gasteiger partial charge in [0.15, 0.2) is 0 Å². The summed E-state index contributed by atoms with van der Waals surface area (Å²) >= 11 is 1.42. The quantitative estimate of drug-likeness (QED) is 0.369. The zero-order valence-electron chi connectivity index (χ0n) is 18.5. The van der Waals surface area contributed by atoms with E-state index in [0.717, 1.165) is 36.1 Å². The number of non-ortho nitro benzene ring substituents is 1. The highest BCUT2D eigenvalue weighted by Crippen LogP contribution is 2.62. The van der Waals surface area contributed by atoms with Gasteiger partial charge in [-0.3, -0.25) is 19.7 Å². The van der Waals surface area contributed by atoms with E-state index in [9.17, 15) is 25.0 Å². The molecule has 2 bridgehead atoms. The molecule has 6 atom stereocenters. The number of nitrogens with zero attached hydrogens (tertiary/aromatic N) is 4. The van der Waals surface area contributed by atoms with Crippen molar-refractivity contribution in [2.45, 2.75) is 38.2 Å². The third kappa shape index (κ3) is 2.64. The Balaban J connectivity index is 1.24. The van der Waals surface area contributed by atoms with Gasteiger partial charge in [0.05, 0.1) is 28.0 Å². The fourth-order valence-corrected chi connectivity index (χ4v) is 8.52. The third-order valence-corrected chi connectivity index (χ3v) is 9.79. The van der Waals surface area contributed by atoms with Gasteiger partial charge in [0.25, 0.3) is 5.69 Å². The van der Waals surface area contributed by atoms with Gasteiger partial charge in [0.2, 0.25) is 11.8 Å². The number of nitriles is 1. The number of nitro groups is 1. The summed E-state index contributed by atoms with van der Waals surface area (Å²) in [6.07, 6.45) is 4.12. The fourth-order valence-electron chi connectivity index (χ4n) is 7.17. The highest BCUT2D eigenvalue weighted by molar-refractivity contribution is 7.17. The van der Waals surface area contributed by atoms with Gasteiger partial charge in [-0.15, -0.1) is 11.3 Å². The second-order valence-corrected chi connectivity index (χ2v) is 11.1. The molecule has 7 rings (SSSR count). The second-order valence-electron chi connectivity index (χ2n) is 10.0. The maximum atomic E-state index is 13.8. The molecule has 0 radical (unpaired) electrons. The van der Waals surface area contributed by atoms with Gasteiger partial charge in [-0.1, -0.05) is 17.3 Å². The number of carbonyl (C=O) groups excluding carboxylic acids is 2. The molecule has 0 spiro atoms. The summed E-state index contributed by atoms with van der Waals surface area (Å²) in [6, 6.07) is 8.57. The van der Waals surface area contributed by atoms with Gasteiger partial charge in [0.1, 0.15) is 17.2 Å². The molecule has 0 N–H and O–H groups in total. The molecule has 9 nitrogen and oxygen atoms in total. The Morgan fingerprint density at radius 3 is 2.69 bits per heavy atom. The van der Waals surface area contributed by atoms with Gasteiger partial charge in [0, 0.05) is 34.4 Å². The van der Waals surface area contributed by atoms with E-state index in [0.29, 0.717) is 28.3 Å². The number of fused-ring (bicyclic) bond motifs is 9. The molecule has 176 valence electrons. The molecule has 1 saturated heterocycles. The highest BCUT2D eigenvalue weighted by atomic mass is 32.1. The van der Waals surface area contributed by atoms with Crippen molar-refractivity contribution in [3.05, 3.63) is 55.9 Å². The average Bonchev–Trinajstić information content (AvgIpc) is 3.65. The van der Waals surface area contributed by atoms with Crippen LogP contribution in [0.5, 0.6) is 0 Å². The number of amides is 2. The van der Waals surface area contributed by atoms with Crippen LogP contribution in [0.25, 0.3) is 0 Å². The first kappa shape index (κ1) is 20.8. The molecular weight excluding hydrogens is 468 g/mol. The number of aryl methyl sites for hydroxylation is 1. The largest absolute Gasteiger partial charge is 0.391 e. The summed E-state index contributed by atoms with van der Waals surface area (Å²) in [5, 5.41) is 25.9. The Morgan fingerprint density at radius 1 is 1.14 bits per heavy atom. The third-order valence-electron chi connectivity index (χ3n) is 8.51. The number of nitro benzene ring substituents is 1. The lowest BCUT2D eigenvalue weighted by molar-refractivity contribution is -0.384. The Hall–Kier alpha value is -3.58. The number of oxime groups is 1. The van der Waals surface area contributed by atoms with Crippen molar-refractivity contribution in [1.82, 2.24) is 0 Å². The maximum absolute atomic E-state index is 13.8. The zero-order chi connectivity index (χ0) is 24.0. The molecule has 3 heterocycles. The molecule has 5 aliphatic rings. The zero-order valence-corrected chi connectivity index (χ0v) is 19.4. The summed E-state index contributed by atoms with van der Waals surface area (Å²) in [6.45, 7) is 0. The molecule has 2 saturated carbocycles. The number of hydrogen-bond donors (Lipinski definition) is 0. The molecule has 1 aromatic heterocycles. The number of imide groups is 1. The van der Waals surface area contributed by atoms with Crippen molar-refractivity contribution >= 4 is 39.6 Å². The van der Waals surface area contributed by atoms with E-state index >= 15 is 0 Å². The smallest absolute Gasteiger partial charge is 0.270 e. The molecule has 35 heavy (non-hydrogen) atoms. The SMILES string of the molecule is N#Cc1c(N2C(=O)[C@@H]3[C@@H]4C[C@@H]([C@H]5ON=C(c6cccc([N+](=O)[O-])c6)[C@@H]45)[C@@H]3C2=O)sc2c1CCCC2. The lowest BCUT2D eigenvalue weighted by Crippen LogP contribution is -2.41. The van der Waals surface area contributed by atoms with Gasteiger partial charge < -0.3 is 4.84 Å². The minimum Gasteiger partial charge on any atom is -0.391 e. The van der Waals surface area contributed by atoms with Crippen LogP contribution in [-0.2, 0) is 27.3 Å². The van der Waals surface area contributed by atoms with Gasteiger partial charge in [-0.25, -0.2) is 4.90 Å². The van der Waals surface area contributed by atoms with Crippen molar-refractivity contribution in [2.24, 2.45) is 34.7 Å². The lowest BCUT2D eigenvalue weighted by Gasteiger charge is -2.29. The van der Waals surface area contributed by atoms with Gasteiger partial charge in [-0.05, 0) is 43.6 Å². The standard InChI is InChI=1S/C25H20N4O5S/c26-10-16-13-6-1-2-7-17(13)35-25(16)28-23(30)18-14-9-15(19(18)24(28)31)22-20(14)21(27-34-22)11-4-3-5-12(8-11)29(32)33/h3-5,8,14-15,18-20,22H,1-2,6-7,9H2/t14-,15+,18+,19-,20+,22+/m0/s1. The molecule has 10 heteroatoms. The monoisotopic (exact) mass is 488 g/mol. The second kappa shape index (κ2) is 7.21. The highest BCUT2D eigenvalue weighted by Gasteiger charge is 2.70. The summed E-state index contributed by atoms with van der Waals surface area (Å²) < 4.78 is 0. The number of rotatable bonds is 3. The van der Waals surface area contributed by atoms with Crippen molar-refractivity contribution in [3.8, 4) is 6.07 Å². The van der Waals surface area contributed by atoms with Crippen LogP contribution in [0.2, 0.25) is 0 Å². The van der Waals surface area contributed by atoms with Crippen LogP contribution >= 0.6 is 11.3 Å². The van der Waals surface area contributed by atoms with Crippen LogP contribution in [0.4, 0.5) is 10.7 Å². The minimum atomic E-state index is -0.481. The van der Waals surface area contributed by atoms with E-state index in [1.54, 1.807) is 12.1 Å². The number of thiophene rings is 1. The van der Waals surface area contributed by atoms with Crippen LogP contribution in [0.1, 0.15) is 40.8 Å². The molecule has 1 aromatic carbocycles. The van der Waals surface area contributed by atoms with Crippen LogP contribution in [0.15, 0.2) is 29.4 Å². The van der Waals surface area contributed by atoms with E-state index in [4.69, 9.17) is 4.84 Å². The number of hydrogen-bond acceptors (Lipinski definition) is 8. The van der Waals surface area contributed by atoms with E-state index < -0.39 is 16.8 Å². The Labute approximate surface area is 204 Å². The van der Waals surface area contributed by atoms with E-state index in [1.165, 1.54) is 28.4 Å². The lowest BCUT2D eigenvalue weighted by atomic mass is 9.71. The van der Waals surface area contributed by atoms with E-state index in [2.05, 4.69) is 11.2 Å². The van der Waals surface area contributed by atoms with Gasteiger partial charge >= 0.3 is 0 Å². The topological polar surface area (TPSA) is 126 Å². The Morgan fingerprint density at radius 2 is 1.91 bits per heavy atom. The van der Waals surface area contributed by atoms with Crippen LogP contribution < -0.4 is 4.90 Å². The average molecular weight is 489 g/mol. The summed E-state index contributed by atoms with van der Waals surface area (Å²) in [7, 11) is 0. The predicted octanol–water partition coefficient (Wildman–Crippen LogP) is 3.58. The number of anilines is 1. The van der Waals surface area contributed by atoms with Gasteiger partial charge in [-0.2, -0.15) is 5.26 Å². The molecule has 2 aromatic rings. The van der Waals surface area contributed by atoms with Crippen LogP contribution in [-0.4, -0.2) is 28.6 Å². The minimum absolute atomic E-state index is 0.0290. The normalized spacial score (nSPS) is 32.1. The summed E-state index contributed by atoms with van der Waals surface area (Å²) in [5.74, 6) is -1.87. The molecular formula is C25H20N4O5S. The first-order valence-electron chi connectivity index (χ1n) is 11.9. The Kier molecular flexibility index (Phi) is 4.28. The number of carbonyl (C=O) groups is 2. The first-order chi connectivity index (χ1) is 17.0. The van der Waals surface area contributed by atoms with Crippen LogP contribution in [0.3, 0.4) is 0 Å². The molecule has 3 fully saturated rings. The number of benzene rings is 1. The summed E-state index contributed by atoms with van der Waals surface area (Å²) in [4.78, 5) is 46.5. The molecule has 2 amide bonds. The van der Waals surface area contributed by atoms with Crippen molar-refractivity contribution in [3.63, 3.8) is 0 Å². The summed E-state index contributed by atoms with van der Waals surface area (Å²) in [5.41, 5.74) is 2.68. The van der Waals surface area contributed by atoms with E-state index in [1.807, 2.05) is 0 Å². The molecule has 2 aliphatic heterocycles. The predicted molar refractivity (Wildman–Crippen MR) is 125 cm³/mol. The van der Waals surface area contributed by atoms with Crippen LogP contribution in [0, 0.1) is 51.0 Å². The van der Waals surface area contributed by atoms with Crippen molar-refractivity contribution in [2.75, 3.05) is 4.90 Å².